The van der Waals surface area contributed by atoms with Crippen molar-refractivity contribution in [1.82, 2.24) is 9.55 Å². The Hall–Kier alpha value is -3.14. The standard InChI is InChI=1S/C24H24N2O2/c1-16-9-10-17(2)28-18(3)24(16)20-11-12-21-22(13-20)26(23(27)14-25-21)15-19-7-5-4-6-8-19/h4-9,11-14,17H,10,15H2,1-3H3. The Bertz CT molecular complexity index is 1140. The molecule has 4 rings (SSSR count). The minimum Gasteiger partial charge on any atom is -0.494 e. The Kier molecular flexibility index (Phi) is 4.86. The maximum atomic E-state index is 12.6. The van der Waals surface area contributed by atoms with E-state index in [2.05, 4.69) is 37.0 Å². The fraction of sp³-hybridized carbons (Fsp3) is 0.250. The molecule has 0 aliphatic carbocycles. The van der Waals surface area contributed by atoms with Gasteiger partial charge in [0.25, 0.3) is 5.56 Å². The van der Waals surface area contributed by atoms with Gasteiger partial charge in [-0.25, -0.2) is 4.98 Å². The van der Waals surface area contributed by atoms with E-state index in [4.69, 9.17) is 4.74 Å². The van der Waals surface area contributed by atoms with E-state index in [9.17, 15) is 4.79 Å². The molecule has 0 amide bonds. The zero-order valence-electron chi connectivity index (χ0n) is 16.5. The number of hydrogen-bond acceptors (Lipinski definition) is 3. The van der Waals surface area contributed by atoms with E-state index in [1.165, 1.54) is 11.8 Å². The Morgan fingerprint density at radius 1 is 1.14 bits per heavy atom. The van der Waals surface area contributed by atoms with Gasteiger partial charge >= 0.3 is 0 Å². The van der Waals surface area contributed by atoms with E-state index in [0.717, 1.165) is 39.9 Å². The SMILES string of the molecule is CC1=CCC(C)OC(C)=C1c1ccc2ncc(=O)n(Cc3ccccc3)c2c1. The summed E-state index contributed by atoms with van der Waals surface area (Å²) in [7, 11) is 0. The van der Waals surface area contributed by atoms with Crippen LogP contribution in [0, 0.1) is 0 Å². The summed E-state index contributed by atoms with van der Waals surface area (Å²) in [6.45, 7) is 6.73. The van der Waals surface area contributed by atoms with Crippen molar-refractivity contribution < 1.29 is 4.74 Å². The fourth-order valence-corrected chi connectivity index (χ4v) is 3.81. The summed E-state index contributed by atoms with van der Waals surface area (Å²) in [6.07, 6.45) is 4.67. The molecule has 142 valence electrons. The first kappa shape index (κ1) is 18.2. The van der Waals surface area contributed by atoms with Crippen LogP contribution in [0.4, 0.5) is 0 Å². The van der Waals surface area contributed by atoms with Gasteiger partial charge in [0.05, 0.1) is 29.9 Å². The lowest BCUT2D eigenvalue weighted by molar-refractivity contribution is 0.139. The van der Waals surface area contributed by atoms with E-state index in [1.807, 2.05) is 43.3 Å². The first-order valence-corrected chi connectivity index (χ1v) is 9.61. The van der Waals surface area contributed by atoms with Gasteiger partial charge in [-0.2, -0.15) is 0 Å². The van der Waals surface area contributed by atoms with Crippen LogP contribution in [0.25, 0.3) is 16.6 Å². The molecule has 0 bridgehead atoms. The number of hydrogen-bond donors (Lipinski definition) is 0. The molecule has 0 fully saturated rings. The Morgan fingerprint density at radius 2 is 1.93 bits per heavy atom. The molecule has 0 spiro atoms. The molecule has 2 heterocycles. The summed E-state index contributed by atoms with van der Waals surface area (Å²) < 4.78 is 7.84. The molecule has 0 saturated carbocycles. The maximum Gasteiger partial charge on any atom is 0.269 e. The molecule has 0 radical (unpaired) electrons. The minimum atomic E-state index is -0.0998. The number of nitrogens with zero attached hydrogens (tertiary/aromatic N) is 2. The van der Waals surface area contributed by atoms with Crippen molar-refractivity contribution in [3.05, 3.63) is 93.6 Å². The first-order valence-electron chi connectivity index (χ1n) is 9.61. The first-order chi connectivity index (χ1) is 13.5. The molecule has 1 atom stereocenters. The number of fused-ring (bicyclic) bond motifs is 1. The summed E-state index contributed by atoms with van der Waals surface area (Å²) in [5.74, 6) is 0.916. The van der Waals surface area contributed by atoms with Crippen molar-refractivity contribution in [3.8, 4) is 0 Å². The Balaban J connectivity index is 1.88. The highest BCUT2D eigenvalue weighted by molar-refractivity contribution is 5.86. The van der Waals surface area contributed by atoms with Crippen molar-refractivity contribution in [2.75, 3.05) is 0 Å². The van der Waals surface area contributed by atoms with Crippen molar-refractivity contribution in [2.24, 2.45) is 0 Å². The average molecular weight is 372 g/mol. The maximum absolute atomic E-state index is 12.6. The third-order valence-electron chi connectivity index (χ3n) is 5.20. The highest BCUT2D eigenvalue weighted by Gasteiger charge is 2.17. The minimum absolute atomic E-state index is 0.0998. The lowest BCUT2D eigenvalue weighted by atomic mass is 9.96. The molecule has 1 aromatic heterocycles. The summed E-state index contributed by atoms with van der Waals surface area (Å²) in [4.78, 5) is 16.9. The van der Waals surface area contributed by atoms with Crippen LogP contribution in [-0.2, 0) is 11.3 Å². The molecule has 4 nitrogen and oxygen atoms in total. The van der Waals surface area contributed by atoms with Gasteiger partial charge in [0.15, 0.2) is 0 Å². The molecule has 0 N–H and O–H groups in total. The quantitative estimate of drug-likeness (QED) is 0.655. The van der Waals surface area contributed by atoms with Crippen molar-refractivity contribution in [3.63, 3.8) is 0 Å². The van der Waals surface area contributed by atoms with Crippen molar-refractivity contribution in [2.45, 2.75) is 39.8 Å². The fourth-order valence-electron chi connectivity index (χ4n) is 3.81. The van der Waals surface area contributed by atoms with Gasteiger partial charge in [-0.3, -0.25) is 4.79 Å². The molecule has 1 unspecified atom stereocenters. The number of benzene rings is 2. The van der Waals surface area contributed by atoms with Crippen molar-refractivity contribution >= 4 is 16.6 Å². The number of aromatic nitrogens is 2. The topological polar surface area (TPSA) is 44.1 Å². The van der Waals surface area contributed by atoms with E-state index in [0.29, 0.717) is 6.54 Å². The molecule has 28 heavy (non-hydrogen) atoms. The van der Waals surface area contributed by atoms with E-state index < -0.39 is 0 Å². The molecule has 3 aromatic rings. The zero-order valence-corrected chi connectivity index (χ0v) is 16.5. The normalized spacial score (nSPS) is 17.2. The van der Waals surface area contributed by atoms with Gasteiger partial charge in [0.2, 0.25) is 0 Å². The lowest BCUT2D eigenvalue weighted by Gasteiger charge is -2.16. The molecular formula is C24H24N2O2. The van der Waals surface area contributed by atoms with E-state index in [1.54, 1.807) is 4.57 Å². The monoisotopic (exact) mass is 372 g/mol. The van der Waals surface area contributed by atoms with Crippen LogP contribution in [0.1, 0.15) is 38.3 Å². The highest BCUT2D eigenvalue weighted by Crippen LogP contribution is 2.32. The second-order valence-corrected chi connectivity index (χ2v) is 7.35. The van der Waals surface area contributed by atoms with Crippen molar-refractivity contribution in [1.29, 1.82) is 0 Å². The molecule has 4 heteroatoms. The largest absolute Gasteiger partial charge is 0.494 e. The van der Waals surface area contributed by atoms with Gasteiger partial charge < -0.3 is 9.30 Å². The van der Waals surface area contributed by atoms with Crippen LogP contribution >= 0.6 is 0 Å². The zero-order chi connectivity index (χ0) is 19.7. The second kappa shape index (κ2) is 7.47. The third kappa shape index (κ3) is 3.50. The number of allylic oxidation sites excluding steroid dienone is 3. The summed E-state index contributed by atoms with van der Waals surface area (Å²) in [5, 5.41) is 0. The molecule has 1 aliphatic heterocycles. The van der Waals surface area contributed by atoms with Crippen LogP contribution in [0.2, 0.25) is 0 Å². The van der Waals surface area contributed by atoms with E-state index in [-0.39, 0.29) is 11.7 Å². The molecule has 1 aliphatic rings. The van der Waals surface area contributed by atoms with Gasteiger partial charge in [0.1, 0.15) is 5.76 Å². The number of rotatable bonds is 3. The van der Waals surface area contributed by atoms with Crippen LogP contribution in [-0.4, -0.2) is 15.7 Å². The summed E-state index contributed by atoms with van der Waals surface area (Å²) in [6, 6.07) is 16.1. The van der Waals surface area contributed by atoms with Crippen LogP contribution < -0.4 is 5.56 Å². The number of ether oxygens (including phenoxy) is 1. The second-order valence-electron chi connectivity index (χ2n) is 7.35. The lowest BCUT2D eigenvalue weighted by Crippen LogP contribution is -2.21. The smallest absolute Gasteiger partial charge is 0.269 e. The summed E-state index contributed by atoms with van der Waals surface area (Å²) in [5.41, 5.74) is 5.96. The van der Waals surface area contributed by atoms with Crippen LogP contribution in [0.5, 0.6) is 0 Å². The molecular weight excluding hydrogens is 348 g/mol. The Labute approximate surface area is 164 Å². The van der Waals surface area contributed by atoms with E-state index >= 15 is 0 Å². The van der Waals surface area contributed by atoms with Gasteiger partial charge in [-0.15, -0.1) is 0 Å². The highest BCUT2D eigenvalue weighted by atomic mass is 16.5. The van der Waals surface area contributed by atoms with Gasteiger partial charge in [0, 0.05) is 12.0 Å². The van der Waals surface area contributed by atoms with Gasteiger partial charge in [-0.05, 0) is 49.6 Å². The average Bonchev–Trinajstić information content (AvgIpc) is 2.82. The van der Waals surface area contributed by atoms with Crippen LogP contribution in [0.3, 0.4) is 0 Å². The van der Waals surface area contributed by atoms with Gasteiger partial charge in [-0.1, -0.05) is 42.5 Å². The van der Waals surface area contributed by atoms with Crippen LogP contribution in [0.15, 0.2) is 76.9 Å². The molecule has 2 aromatic carbocycles. The predicted octanol–water partition coefficient (Wildman–Crippen LogP) is 4.93. The Morgan fingerprint density at radius 3 is 2.71 bits per heavy atom. The predicted molar refractivity (Wildman–Crippen MR) is 113 cm³/mol. The summed E-state index contributed by atoms with van der Waals surface area (Å²) >= 11 is 0. The molecule has 0 saturated heterocycles. The third-order valence-corrected chi connectivity index (χ3v) is 5.20.